The molecule has 0 bridgehead atoms. The fraction of sp³-hybridized carbons (Fsp3) is 0.455. The minimum atomic E-state index is -0.884. The van der Waals surface area contributed by atoms with Crippen molar-refractivity contribution < 1.29 is 71.1 Å². The molecule has 6 rings (SSSR count). The van der Waals surface area contributed by atoms with Gasteiger partial charge in [0.2, 0.25) is 0 Å². The fourth-order valence-electron chi connectivity index (χ4n) is 6.17. The Morgan fingerprint density at radius 3 is 1.55 bits per heavy atom. The summed E-state index contributed by atoms with van der Waals surface area (Å²) in [6, 6.07) is 16.2. The summed E-state index contributed by atoms with van der Waals surface area (Å²) in [6.07, 6.45) is 2.71. The Bertz CT molecular complexity index is 2450. The van der Waals surface area contributed by atoms with Crippen LogP contribution in [0.4, 0.5) is 11.6 Å². The van der Waals surface area contributed by atoms with Gasteiger partial charge in [-0.15, -0.1) is 0 Å². The van der Waals surface area contributed by atoms with Gasteiger partial charge in [0, 0.05) is 32.7 Å². The number of nitrogens with zero attached hydrogens (tertiary/aromatic N) is 8. The van der Waals surface area contributed by atoms with Crippen molar-refractivity contribution in [1.82, 2.24) is 39.0 Å². The Morgan fingerprint density at radius 2 is 1.12 bits per heavy atom. The number of fused-ring (bicyclic) bond motifs is 2. The van der Waals surface area contributed by atoms with Gasteiger partial charge in [0.15, 0.2) is 34.0 Å². The van der Waals surface area contributed by atoms with Gasteiger partial charge in [-0.2, -0.15) is 29.9 Å². The predicted octanol–water partition coefficient (Wildman–Crippen LogP) is 5.76. The molecule has 343 valence electrons. The molecule has 0 amide bonds. The van der Waals surface area contributed by atoms with Gasteiger partial charge in [-0.1, -0.05) is 69.3 Å². The molecule has 7 N–H and O–H groups in total. The van der Waals surface area contributed by atoms with Crippen molar-refractivity contribution in [2.24, 2.45) is 5.73 Å². The number of nitrogens with two attached hydrogens (primary N) is 3. The molecule has 0 aliphatic heterocycles. The van der Waals surface area contributed by atoms with E-state index in [1.54, 1.807) is 10.6 Å². The number of aromatic nitrogens is 8. The van der Waals surface area contributed by atoms with E-state index in [2.05, 4.69) is 36.8 Å². The number of unbranched alkanes of at least 4 members (excludes halogenated alkanes) is 1. The molecule has 2 aromatic carbocycles. The van der Waals surface area contributed by atoms with Crippen molar-refractivity contribution in [1.29, 1.82) is 0 Å². The number of rotatable bonds is 20. The van der Waals surface area contributed by atoms with Crippen LogP contribution in [0.25, 0.3) is 22.3 Å². The second-order valence-corrected chi connectivity index (χ2v) is 15.1. The molecule has 0 aliphatic carbocycles. The number of benzene rings is 2. The normalized spacial score (nSPS) is 10.9. The number of carboxylic acid groups (broad SMARTS) is 1. The van der Waals surface area contributed by atoms with Crippen LogP contribution >= 0.6 is 0 Å². The number of aliphatic carboxylic acids is 1. The van der Waals surface area contributed by atoms with Crippen LogP contribution in [-0.2, 0) is 73.0 Å². The van der Waals surface area contributed by atoms with E-state index >= 15 is 0 Å². The third kappa shape index (κ3) is 15.0. The first kappa shape index (κ1) is 52.7. The molecular weight excluding hydrogens is 899 g/mol. The monoisotopic (exact) mass is 960 g/mol. The summed E-state index contributed by atoms with van der Waals surface area (Å²) in [5.41, 5.74) is 22.5. The number of carboxylic acids is 1. The molecule has 0 saturated carbocycles. The second kappa shape index (κ2) is 25.0. The van der Waals surface area contributed by atoms with Crippen LogP contribution in [0.2, 0.25) is 0 Å². The van der Waals surface area contributed by atoms with Crippen molar-refractivity contribution in [3.05, 3.63) is 70.8 Å². The van der Waals surface area contributed by atoms with Gasteiger partial charge >= 0.3 is 24.0 Å². The van der Waals surface area contributed by atoms with E-state index in [0.29, 0.717) is 92.4 Å². The minimum Gasteiger partial charge on any atom is -0.481 e. The van der Waals surface area contributed by atoms with E-state index < -0.39 is 11.6 Å². The van der Waals surface area contributed by atoms with Crippen LogP contribution < -0.4 is 36.1 Å². The third-order valence-corrected chi connectivity index (χ3v) is 8.78. The van der Waals surface area contributed by atoms with Crippen LogP contribution in [0, 0.1) is 0 Å². The van der Waals surface area contributed by atoms with Crippen molar-refractivity contribution >= 4 is 45.9 Å². The topological polar surface area (TPSA) is 266 Å². The number of esters is 1. The number of ether oxygens (including phenoxy) is 5. The first-order valence-corrected chi connectivity index (χ1v) is 20.6. The standard InChI is InChI=1S/C24H33N5O4.C19H24N6O4.CH4.Y/c1-6-8-12-32-22-27-20(25)19-21(28-22)29(23(26-19)31-7-2)15-17-11-9-10-16(13-17)14-18(30)33-24(3,4)5;1-2-28-19-22-15-16(21)23-18(29-8-4-7-20)24-17(15)25(19)11-13-6-3-5-12(9-13)10-14(26)27;;/h9-11,13H,6-8,12,14-15H2,1-5H3,(H2,25,27,28);3,5-6,9H,2,4,7-8,10-11,20H2,1H3,(H,26,27)(H2,21,23,24);1H4;. The number of nitrogen functional groups attached to an aromatic ring is 2. The summed E-state index contributed by atoms with van der Waals surface area (Å²) in [7, 11) is 0. The van der Waals surface area contributed by atoms with Crippen molar-refractivity contribution in [2.75, 3.05) is 44.4 Å². The van der Waals surface area contributed by atoms with Crippen molar-refractivity contribution in [3.63, 3.8) is 0 Å². The molecule has 64 heavy (non-hydrogen) atoms. The van der Waals surface area contributed by atoms with E-state index in [1.165, 1.54) is 0 Å². The van der Waals surface area contributed by atoms with Crippen LogP contribution in [0.3, 0.4) is 0 Å². The average Bonchev–Trinajstić information content (AvgIpc) is 3.72. The Labute approximate surface area is 398 Å². The molecule has 0 atom stereocenters. The smallest absolute Gasteiger partial charge is 0.320 e. The molecular formula is C44H61N11O8Y. The zero-order valence-corrected chi connectivity index (χ0v) is 39.6. The maximum Gasteiger partial charge on any atom is 0.320 e. The van der Waals surface area contributed by atoms with Gasteiger partial charge in [0.1, 0.15) is 5.60 Å². The van der Waals surface area contributed by atoms with Gasteiger partial charge in [-0.05, 0) is 76.3 Å². The summed E-state index contributed by atoms with van der Waals surface area (Å²) in [5, 5.41) is 9.03. The Morgan fingerprint density at radius 1 is 0.672 bits per heavy atom. The second-order valence-electron chi connectivity index (χ2n) is 15.1. The molecule has 0 aliphatic rings. The molecule has 0 saturated heterocycles. The molecule has 0 spiro atoms. The van der Waals surface area contributed by atoms with E-state index in [0.717, 1.165) is 29.5 Å². The minimum absolute atomic E-state index is 0. The van der Waals surface area contributed by atoms with Crippen LogP contribution in [0.5, 0.6) is 24.0 Å². The summed E-state index contributed by atoms with van der Waals surface area (Å²) in [4.78, 5) is 49.6. The van der Waals surface area contributed by atoms with Crippen LogP contribution in [0.15, 0.2) is 48.5 Å². The van der Waals surface area contributed by atoms with Gasteiger partial charge in [0.25, 0.3) is 12.0 Å². The quantitative estimate of drug-likeness (QED) is 0.0523. The summed E-state index contributed by atoms with van der Waals surface area (Å²) < 4.78 is 31.7. The molecule has 6 aromatic rings. The van der Waals surface area contributed by atoms with Crippen LogP contribution in [0.1, 0.15) is 90.5 Å². The molecule has 4 heterocycles. The fourth-order valence-corrected chi connectivity index (χ4v) is 6.17. The summed E-state index contributed by atoms with van der Waals surface area (Å²) in [6.45, 7) is 14.4. The molecule has 4 aromatic heterocycles. The summed E-state index contributed by atoms with van der Waals surface area (Å²) in [5.74, 6) is -0.718. The molecule has 20 heteroatoms. The number of hydrogen-bond donors (Lipinski definition) is 4. The van der Waals surface area contributed by atoms with Gasteiger partial charge < -0.3 is 46.0 Å². The number of hydrogen-bond acceptors (Lipinski definition) is 16. The first-order valence-electron chi connectivity index (χ1n) is 20.6. The zero-order valence-electron chi connectivity index (χ0n) is 36.8. The predicted molar refractivity (Wildman–Crippen MR) is 240 cm³/mol. The van der Waals surface area contributed by atoms with Gasteiger partial charge in [-0.3, -0.25) is 18.7 Å². The number of carbonyl (C=O) groups is 2. The average molecular weight is 961 g/mol. The molecule has 0 unspecified atom stereocenters. The maximum atomic E-state index is 12.3. The maximum absolute atomic E-state index is 12.3. The van der Waals surface area contributed by atoms with E-state index in [9.17, 15) is 9.59 Å². The first-order chi connectivity index (χ1) is 29.7. The Kier molecular flexibility index (Phi) is 20.6. The molecule has 19 nitrogen and oxygen atoms in total. The van der Waals surface area contributed by atoms with E-state index in [1.807, 2.05) is 81.7 Å². The Hall–Kier alpha value is -5.66. The third-order valence-electron chi connectivity index (χ3n) is 8.78. The largest absolute Gasteiger partial charge is 0.481 e. The van der Waals surface area contributed by atoms with Crippen LogP contribution in [-0.4, -0.2) is 94.7 Å². The molecule has 0 fully saturated rings. The van der Waals surface area contributed by atoms with Crippen molar-refractivity contribution in [3.8, 4) is 24.0 Å². The van der Waals surface area contributed by atoms with E-state index in [-0.39, 0.29) is 82.6 Å². The number of imidazole rings is 2. The van der Waals surface area contributed by atoms with Gasteiger partial charge in [0.05, 0.1) is 52.4 Å². The molecule has 1 radical (unpaired) electrons. The SMILES string of the molecule is C.CCCCOc1nc(N)c2nc(OCC)n(Cc3cccc(CC(=O)OC(C)(C)C)c3)c2n1.CCOc1nc2c(N)nc(OCCCN)nc2n1Cc1cccc(CC(=O)O)c1.[Y]. The zero-order chi connectivity index (χ0) is 44.8. The number of anilines is 2. The van der Waals surface area contributed by atoms with E-state index in [4.69, 9.17) is 46.0 Å². The van der Waals surface area contributed by atoms with Gasteiger partial charge in [-0.25, -0.2) is 0 Å². The number of carbonyl (C=O) groups excluding carboxylic acids is 1. The van der Waals surface area contributed by atoms with Crippen molar-refractivity contribution in [2.45, 2.75) is 99.8 Å². The Balaban J connectivity index is 0.000000332. The summed E-state index contributed by atoms with van der Waals surface area (Å²) >= 11 is 0.